The number of H-pyrrole nitrogens is 1. The third-order valence-electron chi connectivity index (χ3n) is 3.56. The van der Waals surface area contributed by atoms with Gasteiger partial charge in [-0.3, -0.25) is 4.98 Å². The Labute approximate surface area is 128 Å². The van der Waals surface area contributed by atoms with Crippen LogP contribution in [0.2, 0.25) is 0 Å². The van der Waals surface area contributed by atoms with Crippen LogP contribution in [0.15, 0.2) is 41.7 Å². The number of aromatic nitrogens is 2. The smallest absolute Gasteiger partial charge is 0.119 e. The Hall–Kier alpha value is -2.82. The van der Waals surface area contributed by atoms with Crippen molar-refractivity contribution in [3.8, 4) is 5.75 Å². The molecule has 0 aliphatic carbocycles. The van der Waals surface area contributed by atoms with E-state index >= 15 is 0 Å². The first-order valence-electron chi connectivity index (χ1n) is 7.01. The number of methoxy groups -OCH3 is 1. The molecule has 5 heteroatoms. The minimum Gasteiger partial charge on any atom is -0.497 e. The highest BCUT2D eigenvalue weighted by Crippen LogP contribution is 2.29. The van der Waals surface area contributed by atoms with E-state index in [1.165, 1.54) is 0 Å². The van der Waals surface area contributed by atoms with E-state index in [-0.39, 0.29) is 0 Å². The highest BCUT2D eigenvalue weighted by Gasteiger charge is 2.08. The van der Waals surface area contributed by atoms with E-state index < -0.39 is 0 Å². The van der Waals surface area contributed by atoms with Gasteiger partial charge in [0.25, 0.3) is 0 Å². The summed E-state index contributed by atoms with van der Waals surface area (Å²) in [4.78, 5) is 12.0. The van der Waals surface area contributed by atoms with Gasteiger partial charge in [0.2, 0.25) is 0 Å². The van der Waals surface area contributed by atoms with Crippen molar-refractivity contribution < 1.29 is 4.74 Å². The van der Waals surface area contributed by atoms with E-state index in [2.05, 4.69) is 21.0 Å². The van der Waals surface area contributed by atoms with Crippen LogP contribution < -0.4 is 10.5 Å². The molecule has 0 aliphatic heterocycles. The molecule has 0 saturated carbocycles. The highest BCUT2D eigenvalue weighted by atomic mass is 16.5. The second-order valence-corrected chi connectivity index (χ2v) is 5.23. The molecule has 0 unspecified atom stereocenters. The van der Waals surface area contributed by atoms with E-state index in [9.17, 15) is 0 Å². The van der Waals surface area contributed by atoms with Crippen LogP contribution in [0.25, 0.3) is 27.4 Å². The number of fused-ring (bicyclic) bond motifs is 3. The first-order chi connectivity index (χ1) is 10.6. The zero-order valence-corrected chi connectivity index (χ0v) is 12.8. The van der Waals surface area contributed by atoms with Crippen molar-refractivity contribution >= 4 is 33.2 Å². The number of allylic oxidation sites excluding steroid dienone is 1. The Morgan fingerprint density at radius 1 is 1.23 bits per heavy atom. The lowest BCUT2D eigenvalue weighted by Gasteiger charge is -2.01. The quantitative estimate of drug-likeness (QED) is 0.573. The maximum absolute atomic E-state index is 5.57. The fourth-order valence-electron chi connectivity index (χ4n) is 2.39. The van der Waals surface area contributed by atoms with Crippen LogP contribution in [0.1, 0.15) is 19.5 Å². The zero-order valence-electron chi connectivity index (χ0n) is 12.8. The Morgan fingerprint density at radius 3 is 2.73 bits per heavy atom. The van der Waals surface area contributed by atoms with E-state index in [0.717, 1.165) is 38.8 Å². The molecule has 112 valence electrons. The summed E-state index contributed by atoms with van der Waals surface area (Å²) in [6.45, 7) is 3.72. The predicted octanol–water partition coefficient (Wildman–Crippen LogP) is 3.46. The molecule has 0 amide bonds. The van der Waals surface area contributed by atoms with Crippen LogP contribution in [-0.2, 0) is 0 Å². The summed E-state index contributed by atoms with van der Waals surface area (Å²) in [6, 6.07) is 8.04. The molecule has 0 atom stereocenters. The Bertz CT molecular complexity index is 902. The number of rotatable bonds is 3. The topological polar surface area (TPSA) is 76.3 Å². The molecule has 0 spiro atoms. The second kappa shape index (κ2) is 5.52. The largest absolute Gasteiger partial charge is 0.497 e. The van der Waals surface area contributed by atoms with E-state index in [1.54, 1.807) is 20.2 Å². The molecular formula is C17H18N4O. The van der Waals surface area contributed by atoms with Crippen molar-refractivity contribution in [3.63, 3.8) is 0 Å². The summed E-state index contributed by atoms with van der Waals surface area (Å²) in [6.07, 6.45) is 3.58. The number of pyridine rings is 1. The summed E-state index contributed by atoms with van der Waals surface area (Å²) in [7, 11) is 1.67. The first-order valence-corrected chi connectivity index (χ1v) is 7.01. The van der Waals surface area contributed by atoms with Gasteiger partial charge in [-0.1, -0.05) is 0 Å². The van der Waals surface area contributed by atoms with Gasteiger partial charge in [-0.15, -0.1) is 0 Å². The number of ether oxygens (including phenoxy) is 1. The molecular weight excluding hydrogens is 276 g/mol. The molecule has 22 heavy (non-hydrogen) atoms. The summed E-state index contributed by atoms with van der Waals surface area (Å²) < 4.78 is 5.31. The van der Waals surface area contributed by atoms with Gasteiger partial charge in [0.05, 0.1) is 30.4 Å². The molecule has 2 aromatic heterocycles. The highest BCUT2D eigenvalue weighted by molar-refractivity contribution is 6.08. The number of amidine groups is 1. The number of aliphatic imine (C=N–C) groups is 1. The third kappa shape index (κ3) is 2.53. The minimum absolute atomic E-state index is 0.525. The fraction of sp³-hybridized carbons (Fsp3) is 0.176. The lowest BCUT2D eigenvalue weighted by atomic mass is 10.1. The van der Waals surface area contributed by atoms with Crippen molar-refractivity contribution in [2.24, 2.45) is 10.7 Å². The van der Waals surface area contributed by atoms with Crippen LogP contribution in [0.5, 0.6) is 5.75 Å². The molecule has 2 heterocycles. The molecule has 0 aliphatic rings. The lowest BCUT2D eigenvalue weighted by Crippen LogP contribution is -2.03. The van der Waals surface area contributed by atoms with Gasteiger partial charge in [-0.25, -0.2) is 4.99 Å². The summed E-state index contributed by atoms with van der Waals surface area (Å²) in [5.74, 6) is 1.36. The number of nitrogens with zero attached hydrogens (tertiary/aromatic N) is 2. The summed E-state index contributed by atoms with van der Waals surface area (Å²) in [5.41, 5.74) is 9.46. The van der Waals surface area contributed by atoms with E-state index in [4.69, 9.17) is 10.5 Å². The van der Waals surface area contributed by atoms with Crippen LogP contribution >= 0.6 is 0 Å². The summed E-state index contributed by atoms with van der Waals surface area (Å²) >= 11 is 0. The molecule has 0 saturated heterocycles. The number of nitrogens with two attached hydrogens (primary N) is 1. The van der Waals surface area contributed by atoms with Crippen molar-refractivity contribution in [1.82, 2.24) is 9.97 Å². The van der Waals surface area contributed by atoms with Crippen LogP contribution in [-0.4, -0.2) is 22.9 Å². The second-order valence-electron chi connectivity index (χ2n) is 5.23. The number of hydrogen-bond donors (Lipinski definition) is 2. The predicted molar refractivity (Wildman–Crippen MR) is 91.1 cm³/mol. The van der Waals surface area contributed by atoms with Crippen LogP contribution in [0.4, 0.5) is 0 Å². The van der Waals surface area contributed by atoms with Crippen molar-refractivity contribution in [2.45, 2.75) is 13.8 Å². The third-order valence-corrected chi connectivity index (χ3v) is 3.56. The van der Waals surface area contributed by atoms with E-state index in [1.807, 2.05) is 31.3 Å². The van der Waals surface area contributed by atoms with Gasteiger partial charge in [-0.2, -0.15) is 0 Å². The Morgan fingerprint density at radius 2 is 2.00 bits per heavy atom. The van der Waals surface area contributed by atoms with Gasteiger partial charge < -0.3 is 15.5 Å². The van der Waals surface area contributed by atoms with E-state index in [0.29, 0.717) is 5.84 Å². The van der Waals surface area contributed by atoms with Gasteiger partial charge in [-0.05, 0) is 43.7 Å². The average Bonchev–Trinajstić information content (AvgIpc) is 2.89. The standard InChI is InChI=1S/C17H18N4O/c1-10(8-19-11(2)18)16-7-14-13-6-12(22-3)4-5-15(13)21-17(14)9-20-16/h4-9,21H,1-3H3,(H2,18,19). The number of aromatic amines is 1. The normalized spacial score (nSPS) is 13.0. The Kier molecular flexibility index (Phi) is 3.55. The minimum atomic E-state index is 0.525. The Balaban J connectivity index is 2.17. The lowest BCUT2D eigenvalue weighted by molar-refractivity contribution is 0.415. The molecule has 3 aromatic rings. The van der Waals surface area contributed by atoms with Gasteiger partial charge in [0, 0.05) is 22.5 Å². The molecule has 0 bridgehead atoms. The molecule has 0 radical (unpaired) electrons. The summed E-state index contributed by atoms with van der Waals surface area (Å²) in [5, 5.41) is 2.23. The molecule has 3 rings (SSSR count). The number of nitrogens with one attached hydrogen (secondary N) is 1. The molecule has 3 N–H and O–H groups in total. The van der Waals surface area contributed by atoms with Gasteiger partial charge in [0.15, 0.2) is 0 Å². The van der Waals surface area contributed by atoms with Crippen molar-refractivity contribution in [3.05, 3.63) is 42.4 Å². The first kappa shape index (κ1) is 14.1. The fourth-order valence-corrected chi connectivity index (χ4v) is 2.39. The van der Waals surface area contributed by atoms with Crippen LogP contribution in [0, 0.1) is 0 Å². The SMILES string of the molecule is COc1ccc2[nH]c3cnc(C(C)=CN=C(C)N)cc3c2c1. The van der Waals surface area contributed by atoms with Crippen molar-refractivity contribution in [1.29, 1.82) is 0 Å². The maximum atomic E-state index is 5.57. The van der Waals surface area contributed by atoms with Gasteiger partial charge in [0.1, 0.15) is 5.75 Å². The molecule has 5 nitrogen and oxygen atoms in total. The number of benzene rings is 1. The zero-order chi connectivity index (χ0) is 15.7. The monoisotopic (exact) mass is 294 g/mol. The van der Waals surface area contributed by atoms with Crippen molar-refractivity contribution in [2.75, 3.05) is 7.11 Å². The maximum Gasteiger partial charge on any atom is 0.119 e. The average molecular weight is 294 g/mol. The van der Waals surface area contributed by atoms with Crippen LogP contribution in [0.3, 0.4) is 0 Å². The molecule has 1 aromatic carbocycles. The number of hydrogen-bond acceptors (Lipinski definition) is 3. The molecule has 0 fully saturated rings. The van der Waals surface area contributed by atoms with Gasteiger partial charge >= 0.3 is 0 Å².